The molecule has 0 aliphatic carbocycles. The molecular weight excluding hydrogens is 340 g/mol. The molecule has 0 aliphatic heterocycles. The van der Waals surface area contributed by atoms with Crippen LogP contribution in [0.15, 0.2) is 28.6 Å². The van der Waals surface area contributed by atoms with Gasteiger partial charge < -0.3 is 10.1 Å². The molecule has 1 heterocycles. The SMILES string of the molecule is CC(=O)Nc1nnc(S(=O)(=O)Nc2cccc(OC(C)C)c2)s1. The summed E-state index contributed by atoms with van der Waals surface area (Å²) in [6, 6.07) is 6.59. The Hall–Kier alpha value is -2.20. The highest BCUT2D eigenvalue weighted by Crippen LogP contribution is 2.24. The van der Waals surface area contributed by atoms with Gasteiger partial charge in [-0.1, -0.05) is 17.4 Å². The van der Waals surface area contributed by atoms with Crippen LogP contribution in [0.2, 0.25) is 0 Å². The number of anilines is 2. The predicted molar refractivity (Wildman–Crippen MR) is 87.2 cm³/mol. The highest BCUT2D eigenvalue weighted by molar-refractivity contribution is 7.94. The summed E-state index contributed by atoms with van der Waals surface area (Å²) in [5.41, 5.74) is 0.347. The van der Waals surface area contributed by atoms with Gasteiger partial charge in [0.2, 0.25) is 11.0 Å². The van der Waals surface area contributed by atoms with Crippen molar-refractivity contribution in [3.63, 3.8) is 0 Å². The van der Waals surface area contributed by atoms with E-state index in [4.69, 9.17) is 4.74 Å². The lowest BCUT2D eigenvalue weighted by Gasteiger charge is -2.11. The summed E-state index contributed by atoms with van der Waals surface area (Å²) < 4.78 is 32.2. The predicted octanol–water partition coefficient (Wildman–Crippen LogP) is 2.08. The molecule has 0 spiro atoms. The topological polar surface area (TPSA) is 110 Å². The van der Waals surface area contributed by atoms with E-state index in [0.717, 1.165) is 11.3 Å². The molecule has 0 saturated carbocycles. The summed E-state index contributed by atoms with van der Waals surface area (Å²) in [6.45, 7) is 5.05. The fourth-order valence-electron chi connectivity index (χ4n) is 1.62. The molecule has 0 aliphatic rings. The molecule has 23 heavy (non-hydrogen) atoms. The van der Waals surface area contributed by atoms with Gasteiger partial charge >= 0.3 is 0 Å². The first-order valence-corrected chi connectivity index (χ1v) is 8.97. The standard InChI is InChI=1S/C13H16N4O4S2/c1-8(2)21-11-6-4-5-10(7-11)17-23(19,20)13-16-15-12(22-13)14-9(3)18/h4-8,17H,1-3H3,(H,14,15,18). The summed E-state index contributed by atoms with van der Waals surface area (Å²) in [6.07, 6.45) is -0.0229. The van der Waals surface area contributed by atoms with E-state index in [2.05, 4.69) is 20.2 Å². The van der Waals surface area contributed by atoms with Crippen molar-refractivity contribution in [3.8, 4) is 5.75 Å². The molecule has 0 atom stereocenters. The zero-order chi connectivity index (χ0) is 17.0. The summed E-state index contributed by atoms with van der Waals surface area (Å²) >= 11 is 0.766. The summed E-state index contributed by atoms with van der Waals surface area (Å²) in [5, 5.41) is 9.70. The van der Waals surface area contributed by atoms with Crippen LogP contribution in [0.3, 0.4) is 0 Å². The number of rotatable bonds is 6. The molecule has 2 N–H and O–H groups in total. The molecule has 0 fully saturated rings. The Morgan fingerprint density at radius 1 is 1.30 bits per heavy atom. The smallest absolute Gasteiger partial charge is 0.291 e. The van der Waals surface area contributed by atoms with E-state index in [1.165, 1.54) is 6.92 Å². The fourth-order valence-corrected chi connectivity index (χ4v) is 3.62. The van der Waals surface area contributed by atoms with Crippen LogP contribution in [0.25, 0.3) is 0 Å². The quantitative estimate of drug-likeness (QED) is 0.767. The molecule has 1 amide bonds. The second kappa shape index (κ2) is 6.92. The number of amides is 1. The minimum absolute atomic E-state index is 0.0229. The van der Waals surface area contributed by atoms with Crippen LogP contribution in [-0.2, 0) is 14.8 Å². The van der Waals surface area contributed by atoms with Gasteiger partial charge in [0.1, 0.15) is 5.75 Å². The highest BCUT2D eigenvalue weighted by atomic mass is 32.2. The molecule has 0 radical (unpaired) electrons. The van der Waals surface area contributed by atoms with Crippen molar-refractivity contribution in [1.29, 1.82) is 0 Å². The molecule has 2 aromatic rings. The first kappa shape index (κ1) is 17.2. The number of carbonyl (C=O) groups excluding carboxylic acids is 1. The Balaban J connectivity index is 2.17. The van der Waals surface area contributed by atoms with E-state index >= 15 is 0 Å². The van der Waals surface area contributed by atoms with Crippen LogP contribution in [-0.4, -0.2) is 30.6 Å². The van der Waals surface area contributed by atoms with Crippen LogP contribution in [0, 0.1) is 0 Å². The van der Waals surface area contributed by atoms with Gasteiger partial charge in [-0.3, -0.25) is 9.52 Å². The largest absolute Gasteiger partial charge is 0.491 e. The first-order chi connectivity index (χ1) is 10.8. The Kier molecular flexibility index (Phi) is 5.16. The molecule has 124 valence electrons. The molecule has 1 aromatic carbocycles. The number of aromatic nitrogens is 2. The number of nitrogens with zero attached hydrogens (tertiary/aromatic N) is 2. The van der Waals surface area contributed by atoms with Crippen LogP contribution in [0.5, 0.6) is 5.75 Å². The van der Waals surface area contributed by atoms with Gasteiger partial charge in [-0.2, -0.15) is 8.42 Å². The minimum atomic E-state index is -3.89. The van der Waals surface area contributed by atoms with E-state index in [-0.39, 0.29) is 21.5 Å². The third-order valence-corrected chi connectivity index (χ3v) is 4.96. The van der Waals surface area contributed by atoms with E-state index in [9.17, 15) is 13.2 Å². The molecule has 1 aromatic heterocycles. The number of sulfonamides is 1. The fraction of sp³-hybridized carbons (Fsp3) is 0.308. The summed E-state index contributed by atoms with van der Waals surface area (Å²) in [4.78, 5) is 10.9. The number of carbonyl (C=O) groups is 1. The van der Waals surface area contributed by atoms with Gasteiger partial charge in [0, 0.05) is 13.0 Å². The third kappa shape index (κ3) is 4.89. The van der Waals surface area contributed by atoms with Crippen LogP contribution in [0.4, 0.5) is 10.8 Å². The summed E-state index contributed by atoms with van der Waals surface area (Å²) in [5.74, 6) is 0.202. The van der Waals surface area contributed by atoms with Gasteiger partial charge in [-0.15, -0.1) is 10.2 Å². The highest BCUT2D eigenvalue weighted by Gasteiger charge is 2.21. The van der Waals surface area contributed by atoms with Crippen molar-refractivity contribution in [3.05, 3.63) is 24.3 Å². The monoisotopic (exact) mass is 356 g/mol. The number of nitrogens with one attached hydrogen (secondary N) is 2. The molecule has 0 saturated heterocycles. The molecule has 0 unspecified atom stereocenters. The van der Waals surface area contributed by atoms with Crippen molar-refractivity contribution in [2.75, 3.05) is 10.0 Å². The number of hydrogen-bond donors (Lipinski definition) is 2. The second-order valence-corrected chi connectivity index (χ2v) is 7.69. The van der Waals surface area contributed by atoms with Crippen LogP contribution in [0.1, 0.15) is 20.8 Å². The molecule has 10 heteroatoms. The normalized spacial score (nSPS) is 11.3. The second-order valence-electron chi connectivity index (χ2n) is 4.85. The molecule has 2 rings (SSSR count). The van der Waals surface area contributed by atoms with Gasteiger partial charge in [-0.25, -0.2) is 0 Å². The molecular formula is C13H16N4O4S2. The van der Waals surface area contributed by atoms with Crippen molar-refractivity contribution in [2.45, 2.75) is 31.2 Å². The number of hydrogen-bond acceptors (Lipinski definition) is 7. The summed E-state index contributed by atoms with van der Waals surface area (Å²) in [7, 11) is -3.89. The Morgan fingerprint density at radius 2 is 2.04 bits per heavy atom. The van der Waals surface area contributed by atoms with E-state index in [1.807, 2.05) is 13.8 Å². The lowest BCUT2D eigenvalue weighted by Crippen LogP contribution is -2.13. The zero-order valence-electron chi connectivity index (χ0n) is 12.7. The first-order valence-electron chi connectivity index (χ1n) is 6.67. The lowest BCUT2D eigenvalue weighted by molar-refractivity contribution is -0.114. The van der Waals surface area contributed by atoms with Gasteiger partial charge in [-0.05, 0) is 26.0 Å². The van der Waals surface area contributed by atoms with E-state index < -0.39 is 10.0 Å². The average Bonchev–Trinajstić information content (AvgIpc) is 2.86. The van der Waals surface area contributed by atoms with Gasteiger partial charge in [0.25, 0.3) is 14.4 Å². The third-order valence-electron chi connectivity index (χ3n) is 2.38. The maximum atomic E-state index is 12.3. The molecule has 0 bridgehead atoms. The lowest BCUT2D eigenvalue weighted by atomic mass is 10.3. The minimum Gasteiger partial charge on any atom is -0.491 e. The average molecular weight is 356 g/mol. The Morgan fingerprint density at radius 3 is 2.70 bits per heavy atom. The number of ether oxygens (including phenoxy) is 1. The Bertz CT molecular complexity index is 802. The van der Waals surface area contributed by atoms with Crippen molar-refractivity contribution in [1.82, 2.24) is 10.2 Å². The van der Waals surface area contributed by atoms with Crippen molar-refractivity contribution >= 4 is 38.1 Å². The molecule has 8 nitrogen and oxygen atoms in total. The van der Waals surface area contributed by atoms with Crippen LogP contribution < -0.4 is 14.8 Å². The maximum absolute atomic E-state index is 12.3. The zero-order valence-corrected chi connectivity index (χ0v) is 14.4. The Labute approximate surface area is 137 Å². The van der Waals surface area contributed by atoms with E-state index in [1.54, 1.807) is 24.3 Å². The van der Waals surface area contributed by atoms with Crippen molar-refractivity contribution in [2.24, 2.45) is 0 Å². The van der Waals surface area contributed by atoms with Crippen molar-refractivity contribution < 1.29 is 17.9 Å². The van der Waals surface area contributed by atoms with Gasteiger partial charge in [0.15, 0.2) is 0 Å². The van der Waals surface area contributed by atoms with Crippen LogP contribution >= 0.6 is 11.3 Å². The van der Waals surface area contributed by atoms with E-state index in [0.29, 0.717) is 11.4 Å². The number of benzene rings is 1. The maximum Gasteiger partial charge on any atom is 0.291 e. The van der Waals surface area contributed by atoms with Gasteiger partial charge in [0.05, 0.1) is 11.8 Å².